The molecule has 76 heavy (non-hydrogen) atoms. The Morgan fingerprint density at radius 3 is 1.68 bits per heavy atom. The van der Waals surface area contributed by atoms with Gasteiger partial charge in [-0.25, -0.2) is 0 Å². The number of hydrogen-bond acceptors (Lipinski definition) is 1. The Morgan fingerprint density at radius 2 is 0.947 bits per heavy atom. The predicted octanol–water partition coefficient (Wildman–Crippen LogP) is 19.8. The summed E-state index contributed by atoms with van der Waals surface area (Å²) in [6.07, 6.45) is 8.17. The number of para-hydroxylation sites is 3. The third kappa shape index (κ3) is 7.82. The molecule has 360 valence electrons. The van der Waals surface area contributed by atoms with Crippen molar-refractivity contribution in [3.63, 3.8) is 0 Å². The summed E-state index contributed by atoms with van der Waals surface area (Å²) >= 11 is 0. The maximum absolute atomic E-state index is 4.41. The topological polar surface area (TPSA) is 8.17 Å². The lowest BCUT2D eigenvalue weighted by molar-refractivity contribution is 0.768. The van der Waals surface area contributed by atoms with Crippen molar-refractivity contribution >= 4 is 44.4 Å². The van der Waals surface area contributed by atoms with Crippen molar-refractivity contribution < 1.29 is 0 Å². The van der Waals surface area contributed by atoms with Crippen LogP contribution in [0.15, 0.2) is 304 Å². The molecule has 1 aromatic heterocycles. The maximum atomic E-state index is 4.41. The molecular weight excluding hydrogens is 917 g/mol. The highest BCUT2D eigenvalue weighted by Crippen LogP contribution is 2.56. The van der Waals surface area contributed by atoms with E-state index < -0.39 is 5.41 Å². The summed E-state index contributed by atoms with van der Waals surface area (Å²) in [6, 6.07) is 100. The molecule has 0 saturated carbocycles. The highest BCUT2D eigenvalue weighted by molar-refractivity contribution is 6.10. The van der Waals surface area contributed by atoms with Crippen LogP contribution in [-0.4, -0.2) is 4.57 Å². The van der Waals surface area contributed by atoms with E-state index in [-0.39, 0.29) is 0 Å². The summed E-state index contributed by atoms with van der Waals surface area (Å²) < 4.78 is 2.47. The Bertz CT molecular complexity index is 4120. The molecule has 11 aromatic carbocycles. The van der Waals surface area contributed by atoms with Crippen molar-refractivity contribution in [1.82, 2.24) is 4.57 Å². The van der Waals surface area contributed by atoms with Crippen LogP contribution in [0.2, 0.25) is 0 Å². The van der Waals surface area contributed by atoms with Crippen LogP contribution in [-0.2, 0) is 5.41 Å². The smallest absolute Gasteiger partial charge is 0.0713 e. The monoisotopic (exact) mass is 970 g/mol. The number of allylic oxidation sites excluding steroid dienone is 5. The summed E-state index contributed by atoms with van der Waals surface area (Å²) in [4.78, 5) is 2.37. The van der Waals surface area contributed by atoms with Crippen LogP contribution in [0.4, 0.5) is 17.1 Å². The Balaban J connectivity index is 0.876. The van der Waals surface area contributed by atoms with Gasteiger partial charge in [0, 0.05) is 33.4 Å². The van der Waals surface area contributed by atoms with Crippen molar-refractivity contribution in [2.75, 3.05) is 4.90 Å². The normalized spacial score (nSPS) is 12.6. The molecule has 1 aliphatic rings. The molecule has 0 N–H and O–H groups in total. The van der Waals surface area contributed by atoms with E-state index >= 15 is 0 Å². The maximum Gasteiger partial charge on any atom is 0.0713 e. The minimum Gasteiger partial charge on any atom is -0.310 e. The van der Waals surface area contributed by atoms with Crippen molar-refractivity contribution in [1.29, 1.82) is 0 Å². The molecule has 0 fully saturated rings. The van der Waals surface area contributed by atoms with Crippen molar-refractivity contribution in [2.45, 2.75) is 12.3 Å². The molecule has 1 heterocycles. The van der Waals surface area contributed by atoms with E-state index in [1.165, 1.54) is 60.8 Å². The first-order chi connectivity index (χ1) is 37.6. The zero-order valence-corrected chi connectivity index (χ0v) is 42.4. The zero-order valence-electron chi connectivity index (χ0n) is 42.4. The van der Waals surface area contributed by atoms with Gasteiger partial charge in [0.1, 0.15) is 0 Å². The van der Waals surface area contributed by atoms with E-state index in [0.717, 1.165) is 61.7 Å². The quantitative estimate of drug-likeness (QED) is 0.111. The van der Waals surface area contributed by atoms with E-state index in [2.05, 4.69) is 295 Å². The standard InChI is InChI=1S/C74H54N2/c1-3-4-8-23-52(2)62-30-15-16-31-63(62)54-42-45-60(46-43-54)75(59-28-13-7-14-29-59)71-36-21-18-32-64(71)55-40-38-53(39-41-55)56-44-48-67-66-34-19-22-37-72(66)76(73(67)50-56)61-47-49-70-68(51-61)65-33-17-20-35-69(65)74(70,57-24-9-5-10-25-57)58-26-11-6-12-27-58/h3-51H,2H2,1H3/b4-3-,23-8-. The van der Waals surface area contributed by atoms with Gasteiger partial charge in [-0.05, 0) is 134 Å². The summed E-state index contributed by atoms with van der Waals surface area (Å²) in [5, 5.41) is 2.47. The van der Waals surface area contributed by atoms with Gasteiger partial charge in [0.25, 0.3) is 0 Å². The summed E-state index contributed by atoms with van der Waals surface area (Å²) in [7, 11) is 0. The van der Waals surface area contributed by atoms with Gasteiger partial charge in [0.05, 0.1) is 22.1 Å². The lowest BCUT2D eigenvalue weighted by atomic mass is 9.68. The van der Waals surface area contributed by atoms with Crippen LogP contribution in [0, 0.1) is 0 Å². The van der Waals surface area contributed by atoms with Crippen LogP contribution < -0.4 is 4.90 Å². The molecule has 0 aliphatic heterocycles. The highest BCUT2D eigenvalue weighted by Gasteiger charge is 2.46. The molecule has 0 bridgehead atoms. The van der Waals surface area contributed by atoms with Gasteiger partial charge >= 0.3 is 0 Å². The van der Waals surface area contributed by atoms with Gasteiger partial charge in [-0.15, -0.1) is 0 Å². The van der Waals surface area contributed by atoms with E-state index in [9.17, 15) is 0 Å². The SMILES string of the molecule is C=C(/C=C\C=C/C)c1ccccc1-c1ccc(N(c2ccccc2)c2ccccc2-c2ccc(-c3ccc4c5ccccc5n(-c5ccc6c(c5)-c5ccccc5C6(c5ccccc5)c5ccccc5)c4c3)cc2)cc1. The lowest BCUT2D eigenvalue weighted by Gasteiger charge is -2.33. The van der Waals surface area contributed by atoms with Gasteiger partial charge in [0.2, 0.25) is 0 Å². The van der Waals surface area contributed by atoms with E-state index in [0.29, 0.717) is 0 Å². The summed E-state index contributed by atoms with van der Waals surface area (Å²) in [5.74, 6) is 0. The van der Waals surface area contributed by atoms with Crippen LogP contribution in [0.25, 0.3) is 77.6 Å². The molecule has 0 radical (unpaired) electrons. The number of nitrogens with zero attached hydrogens (tertiary/aromatic N) is 2. The summed E-state index contributed by atoms with van der Waals surface area (Å²) in [5.41, 5.74) is 23.0. The Labute approximate surface area is 445 Å². The van der Waals surface area contributed by atoms with Gasteiger partial charge in [-0.1, -0.05) is 249 Å². The second-order valence-electron chi connectivity index (χ2n) is 19.6. The van der Waals surface area contributed by atoms with Crippen molar-refractivity contribution in [2.24, 2.45) is 0 Å². The molecule has 0 saturated heterocycles. The van der Waals surface area contributed by atoms with Gasteiger partial charge in [-0.3, -0.25) is 0 Å². The Kier molecular flexibility index (Phi) is 11.9. The molecule has 2 heteroatoms. The number of anilines is 3. The first-order valence-corrected chi connectivity index (χ1v) is 26.2. The third-order valence-electron chi connectivity index (χ3n) is 15.4. The largest absolute Gasteiger partial charge is 0.310 e. The lowest BCUT2D eigenvalue weighted by Crippen LogP contribution is -2.28. The molecule has 0 spiro atoms. The van der Waals surface area contributed by atoms with Crippen molar-refractivity contribution in [3.8, 4) is 50.2 Å². The first-order valence-electron chi connectivity index (χ1n) is 26.2. The fraction of sp³-hybridized carbons (Fsp3) is 0.0270. The van der Waals surface area contributed by atoms with E-state index in [1.807, 2.05) is 25.2 Å². The number of rotatable bonds is 12. The third-order valence-corrected chi connectivity index (χ3v) is 15.4. The average molecular weight is 971 g/mol. The van der Waals surface area contributed by atoms with E-state index in [1.54, 1.807) is 0 Å². The minimum absolute atomic E-state index is 0.452. The van der Waals surface area contributed by atoms with Crippen LogP contribution >= 0.6 is 0 Å². The fourth-order valence-electron chi connectivity index (χ4n) is 11.9. The first kappa shape index (κ1) is 46.1. The summed E-state index contributed by atoms with van der Waals surface area (Å²) in [6.45, 7) is 6.43. The minimum atomic E-state index is -0.452. The molecule has 1 aliphatic carbocycles. The van der Waals surface area contributed by atoms with Gasteiger partial charge in [-0.2, -0.15) is 0 Å². The highest BCUT2D eigenvalue weighted by atomic mass is 15.1. The van der Waals surface area contributed by atoms with Gasteiger partial charge in [0.15, 0.2) is 0 Å². The predicted molar refractivity (Wildman–Crippen MR) is 322 cm³/mol. The molecule has 0 unspecified atom stereocenters. The zero-order chi connectivity index (χ0) is 51.0. The molecule has 0 atom stereocenters. The van der Waals surface area contributed by atoms with Gasteiger partial charge < -0.3 is 9.47 Å². The van der Waals surface area contributed by atoms with Crippen LogP contribution in [0.5, 0.6) is 0 Å². The average Bonchev–Trinajstić information content (AvgIpc) is 4.01. The number of fused-ring (bicyclic) bond motifs is 6. The molecule has 13 rings (SSSR count). The molecule has 12 aromatic rings. The second-order valence-corrected chi connectivity index (χ2v) is 19.6. The number of hydrogen-bond donors (Lipinski definition) is 0. The van der Waals surface area contributed by atoms with Crippen molar-refractivity contribution in [3.05, 3.63) is 332 Å². The number of aromatic nitrogens is 1. The molecule has 2 nitrogen and oxygen atoms in total. The second kappa shape index (κ2) is 19.6. The molecular formula is C74H54N2. The number of benzene rings is 11. The molecule has 0 amide bonds. The fourth-order valence-corrected chi connectivity index (χ4v) is 11.9. The Hall–Kier alpha value is -9.76. The van der Waals surface area contributed by atoms with Crippen LogP contribution in [0.1, 0.15) is 34.7 Å². The van der Waals surface area contributed by atoms with E-state index in [4.69, 9.17) is 0 Å². The Morgan fingerprint density at radius 1 is 0.408 bits per heavy atom. The van der Waals surface area contributed by atoms with Crippen LogP contribution in [0.3, 0.4) is 0 Å².